The van der Waals surface area contributed by atoms with Crippen molar-refractivity contribution in [1.29, 1.82) is 0 Å². The molecule has 0 bridgehead atoms. The first-order valence-electron chi connectivity index (χ1n) is 4.56. The van der Waals surface area contributed by atoms with Crippen molar-refractivity contribution >= 4 is 43.5 Å². The zero-order valence-corrected chi connectivity index (χ0v) is 12.0. The maximum Gasteiger partial charge on any atom is 0.0608 e. The van der Waals surface area contributed by atoms with E-state index in [4.69, 9.17) is 11.6 Å². The summed E-state index contributed by atoms with van der Waals surface area (Å²) in [7, 11) is 0. The second-order valence-corrected chi connectivity index (χ2v) is 6.61. The van der Waals surface area contributed by atoms with Crippen LogP contribution >= 0.6 is 43.5 Å². The fourth-order valence-corrected chi connectivity index (χ4v) is 4.45. The lowest BCUT2D eigenvalue weighted by Gasteiger charge is -2.20. The molecule has 1 unspecified atom stereocenters. The van der Waals surface area contributed by atoms with Crippen LogP contribution in [0, 0.1) is 0 Å². The molecule has 0 aliphatic heterocycles. The van der Waals surface area contributed by atoms with Crippen LogP contribution in [-0.4, -0.2) is 0 Å². The van der Waals surface area contributed by atoms with Crippen LogP contribution < -0.4 is 0 Å². The highest BCUT2D eigenvalue weighted by molar-refractivity contribution is 9.11. The molecule has 1 aliphatic rings. The summed E-state index contributed by atoms with van der Waals surface area (Å²) in [6, 6.07) is 4.14. The van der Waals surface area contributed by atoms with E-state index in [1.54, 1.807) is 0 Å². The second kappa shape index (κ2) is 3.50. The van der Waals surface area contributed by atoms with Gasteiger partial charge in [-0.05, 0) is 35.1 Å². The van der Waals surface area contributed by atoms with E-state index in [0.717, 1.165) is 10.9 Å². The molecule has 0 fully saturated rings. The normalized spacial score (nSPS) is 23.6. The van der Waals surface area contributed by atoms with Gasteiger partial charge in [0, 0.05) is 8.95 Å². The van der Waals surface area contributed by atoms with Gasteiger partial charge in [0.25, 0.3) is 0 Å². The number of alkyl halides is 1. The molecule has 0 radical (unpaired) electrons. The first-order chi connectivity index (χ1) is 6.43. The molecule has 0 heterocycles. The minimum absolute atomic E-state index is 0.131. The first-order valence-corrected chi connectivity index (χ1v) is 6.58. The Balaban J connectivity index is 2.73. The summed E-state index contributed by atoms with van der Waals surface area (Å²) in [6.45, 7) is 4.48. The van der Waals surface area contributed by atoms with Gasteiger partial charge in [0.2, 0.25) is 0 Å². The molecule has 0 spiro atoms. The second-order valence-electron chi connectivity index (χ2n) is 4.37. The Morgan fingerprint density at radius 3 is 2.43 bits per heavy atom. The Labute approximate surface area is 106 Å². The molecule has 1 aliphatic carbocycles. The van der Waals surface area contributed by atoms with Crippen molar-refractivity contribution in [2.24, 2.45) is 0 Å². The minimum atomic E-state index is 0.131. The first kappa shape index (κ1) is 11.0. The van der Waals surface area contributed by atoms with E-state index in [2.05, 4.69) is 57.8 Å². The lowest BCUT2D eigenvalue weighted by atomic mass is 9.87. The number of halogens is 3. The fourth-order valence-electron chi connectivity index (χ4n) is 2.21. The van der Waals surface area contributed by atoms with E-state index >= 15 is 0 Å². The third kappa shape index (κ3) is 1.56. The molecule has 1 atom stereocenters. The summed E-state index contributed by atoms with van der Waals surface area (Å²) in [5.41, 5.74) is 2.78. The largest absolute Gasteiger partial charge is 0.118 e. The molecule has 0 N–H and O–H groups in total. The quantitative estimate of drug-likeness (QED) is 0.572. The van der Waals surface area contributed by atoms with Crippen LogP contribution in [0.5, 0.6) is 0 Å². The Bertz CT molecular complexity index is 385. The summed E-state index contributed by atoms with van der Waals surface area (Å²) < 4.78 is 2.30. The standard InChI is InChI=1S/C11H11Br2Cl/c1-11(2)5-8(14)9-6(12)3-4-7(13)10(9)11/h3-4,8H,5H2,1-2H3. The van der Waals surface area contributed by atoms with E-state index in [9.17, 15) is 0 Å². The van der Waals surface area contributed by atoms with Crippen LogP contribution in [0.25, 0.3) is 0 Å². The molecule has 0 saturated carbocycles. The number of fused-ring (bicyclic) bond motifs is 1. The fraction of sp³-hybridized carbons (Fsp3) is 0.455. The molecule has 1 aromatic rings. The highest BCUT2D eigenvalue weighted by atomic mass is 79.9. The van der Waals surface area contributed by atoms with Crippen LogP contribution in [0.15, 0.2) is 21.1 Å². The monoisotopic (exact) mass is 336 g/mol. The van der Waals surface area contributed by atoms with Gasteiger partial charge in [-0.3, -0.25) is 0 Å². The predicted octanol–water partition coefficient (Wildman–Crippen LogP) is 5.17. The lowest BCUT2D eigenvalue weighted by molar-refractivity contribution is 0.515. The van der Waals surface area contributed by atoms with E-state index in [1.165, 1.54) is 15.6 Å². The van der Waals surface area contributed by atoms with Gasteiger partial charge < -0.3 is 0 Å². The van der Waals surface area contributed by atoms with E-state index in [0.29, 0.717) is 0 Å². The van der Waals surface area contributed by atoms with Gasteiger partial charge in [0.1, 0.15) is 0 Å². The van der Waals surface area contributed by atoms with Gasteiger partial charge >= 0.3 is 0 Å². The molecule has 0 amide bonds. The maximum atomic E-state index is 6.35. The highest BCUT2D eigenvalue weighted by Crippen LogP contribution is 2.52. The molecule has 76 valence electrons. The number of benzene rings is 1. The summed E-state index contributed by atoms with van der Waals surface area (Å²) in [5.74, 6) is 0. The average molecular weight is 338 g/mol. The molecule has 0 aromatic heterocycles. The van der Waals surface area contributed by atoms with Gasteiger partial charge in [-0.15, -0.1) is 11.6 Å². The van der Waals surface area contributed by atoms with E-state index < -0.39 is 0 Å². The average Bonchev–Trinajstić information content (AvgIpc) is 2.30. The van der Waals surface area contributed by atoms with Crippen molar-refractivity contribution in [3.8, 4) is 0 Å². The molecular formula is C11H11Br2Cl. The molecule has 1 aromatic carbocycles. The molecule has 0 nitrogen and oxygen atoms in total. The maximum absolute atomic E-state index is 6.35. The van der Waals surface area contributed by atoms with Crippen molar-refractivity contribution in [1.82, 2.24) is 0 Å². The summed E-state index contributed by atoms with van der Waals surface area (Å²) in [4.78, 5) is 0. The molecular weight excluding hydrogens is 327 g/mol. The van der Waals surface area contributed by atoms with Gasteiger partial charge in [-0.2, -0.15) is 0 Å². The Kier molecular flexibility index (Phi) is 2.74. The van der Waals surface area contributed by atoms with Crippen LogP contribution in [-0.2, 0) is 5.41 Å². The zero-order valence-electron chi connectivity index (χ0n) is 8.07. The lowest BCUT2D eigenvalue weighted by Crippen LogP contribution is -2.12. The van der Waals surface area contributed by atoms with Gasteiger partial charge in [0.05, 0.1) is 5.38 Å². The smallest absolute Gasteiger partial charge is 0.0608 e. The molecule has 3 heteroatoms. The summed E-state index contributed by atoms with van der Waals surface area (Å²) in [5, 5.41) is 0.131. The van der Waals surface area contributed by atoms with Gasteiger partial charge in [0.15, 0.2) is 0 Å². The van der Waals surface area contributed by atoms with Crippen molar-refractivity contribution in [3.63, 3.8) is 0 Å². The molecule has 0 saturated heterocycles. The van der Waals surface area contributed by atoms with Crippen molar-refractivity contribution in [2.75, 3.05) is 0 Å². The van der Waals surface area contributed by atoms with Crippen LogP contribution in [0.2, 0.25) is 0 Å². The minimum Gasteiger partial charge on any atom is -0.118 e. The number of rotatable bonds is 0. The van der Waals surface area contributed by atoms with E-state index in [-0.39, 0.29) is 10.8 Å². The topological polar surface area (TPSA) is 0 Å². The van der Waals surface area contributed by atoms with Crippen molar-refractivity contribution in [3.05, 3.63) is 32.2 Å². The zero-order chi connectivity index (χ0) is 10.5. The van der Waals surface area contributed by atoms with Crippen LogP contribution in [0.1, 0.15) is 36.8 Å². The molecule has 14 heavy (non-hydrogen) atoms. The third-order valence-electron chi connectivity index (χ3n) is 2.82. The molecule has 2 rings (SSSR count). The Morgan fingerprint density at radius 2 is 1.86 bits per heavy atom. The Morgan fingerprint density at radius 1 is 1.29 bits per heavy atom. The Hall–Kier alpha value is 0.470. The predicted molar refractivity (Wildman–Crippen MR) is 68.1 cm³/mol. The van der Waals surface area contributed by atoms with Crippen molar-refractivity contribution in [2.45, 2.75) is 31.1 Å². The number of hydrogen-bond acceptors (Lipinski definition) is 0. The van der Waals surface area contributed by atoms with Crippen LogP contribution in [0.4, 0.5) is 0 Å². The summed E-state index contributed by atoms with van der Waals surface area (Å²) >= 11 is 13.5. The van der Waals surface area contributed by atoms with Gasteiger partial charge in [-0.25, -0.2) is 0 Å². The van der Waals surface area contributed by atoms with Gasteiger partial charge in [-0.1, -0.05) is 45.7 Å². The third-order valence-corrected chi connectivity index (χ3v) is 4.55. The number of hydrogen-bond donors (Lipinski definition) is 0. The van der Waals surface area contributed by atoms with E-state index in [1.807, 2.05) is 0 Å². The SMILES string of the molecule is CC1(C)CC(Cl)c2c(Br)ccc(Br)c21. The summed E-state index contributed by atoms with van der Waals surface area (Å²) in [6.07, 6.45) is 1.01. The van der Waals surface area contributed by atoms with Crippen LogP contribution in [0.3, 0.4) is 0 Å². The highest BCUT2D eigenvalue weighted by Gasteiger charge is 2.38. The van der Waals surface area contributed by atoms with Crippen molar-refractivity contribution < 1.29 is 0 Å².